The third-order valence-electron chi connectivity index (χ3n) is 4.62. The molecular formula is C20H20N6O2S. The number of nitrogens with one attached hydrogen (secondary N) is 1. The Kier molecular flexibility index (Phi) is 5.48. The molecule has 9 heteroatoms. The fraction of sp³-hybridized carbons (Fsp3) is 0.250. The number of urea groups is 1. The van der Waals surface area contributed by atoms with Gasteiger partial charge in [-0.2, -0.15) is 0 Å². The van der Waals surface area contributed by atoms with Crippen molar-refractivity contribution < 1.29 is 9.59 Å². The van der Waals surface area contributed by atoms with Gasteiger partial charge >= 0.3 is 6.03 Å². The van der Waals surface area contributed by atoms with Crippen LogP contribution < -0.4 is 10.2 Å². The number of amides is 3. The van der Waals surface area contributed by atoms with Gasteiger partial charge in [-0.1, -0.05) is 17.4 Å². The topological polar surface area (TPSA) is 91.3 Å². The normalized spacial score (nSPS) is 13.8. The maximum atomic E-state index is 12.8. The van der Waals surface area contributed by atoms with E-state index >= 15 is 0 Å². The second kappa shape index (κ2) is 8.36. The number of pyridine rings is 2. The zero-order valence-corrected chi connectivity index (χ0v) is 16.7. The summed E-state index contributed by atoms with van der Waals surface area (Å²) in [5.74, 6) is -0.199. The van der Waals surface area contributed by atoms with Crippen LogP contribution in [0.15, 0.2) is 49.1 Å². The van der Waals surface area contributed by atoms with E-state index in [4.69, 9.17) is 0 Å². The van der Waals surface area contributed by atoms with Crippen LogP contribution in [0.2, 0.25) is 0 Å². The highest BCUT2D eigenvalue weighted by molar-refractivity contribution is 7.17. The van der Waals surface area contributed by atoms with E-state index in [-0.39, 0.29) is 11.9 Å². The smallest absolute Gasteiger partial charge is 0.326 e. The van der Waals surface area contributed by atoms with E-state index in [0.29, 0.717) is 41.9 Å². The molecule has 148 valence electrons. The van der Waals surface area contributed by atoms with Gasteiger partial charge in [-0.15, -0.1) is 0 Å². The molecule has 0 aliphatic carbocycles. The number of hydrogen-bond acceptors (Lipinski definition) is 6. The maximum absolute atomic E-state index is 12.8. The van der Waals surface area contributed by atoms with Crippen LogP contribution >= 0.6 is 11.3 Å². The van der Waals surface area contributed by atoms with Crippen LogP contribution in [0.5, 0.6) is 0 Å². The Labute approximate surface area is 172 Å². The van der Waals surface area contributed by atoms with E-state index in [2.05, 4.69) is 20.3 Å². The molecule has 3 aromatic rings. The third-order valence-corrected chi connectivity index (χ3v) is 5.80. The molecule has 4 rings (SSSR count). The van der Waals surface area contributed by atoms with E-state index in [0.717, 1.165) is 11.1 Å². The molecule has 0 aromatic carbocycles. The molecule has 0 unspecified atom stereocenters. The van der Waals surface area contributed by atoms with Crippen LogP contribution in [0.3, 0.4) is 0 Å². The highest BCUT2D eigenvalue weighted by Gasteiger charge is 2.32. The van der Waals surface area contributed by atoms with Crippen molar-refractivity contribution in [2.45, 2.75) is 20.0 Å². The molecule has 1 aliphatic rings. The highest BCUT2D eigenvalue weighted by Crippen LogP contribution is 2.29. The second-order valence-electron chi connectivity index (χ2n) is 6.67. The SMILES string of the molecule is Cc1nc(N2CCN(Cc3ccncc3)C2=O)sc1C(=O)NCc1cccnc1. The number of aryl methyl sites for hydroxylation is 1. The van der Waals surface area contributed by atoms with Gasteiger partial charge in [0.05, 0.1) is 5.69 Å². The number of aromatic nitrogens is 3. The lowest BCUT2D eigenvalue weighted by molar-refractivity contribution is 0.0954. The fourth-order valence-electron chi connectivity index (χ4n) is 3.09. The quantitative estimate of drug-likeness (QED) is 0.677. The van der Waals surface area contributed by atoms with Crippen LogP contribution in [0.4, 0.5) is 9.93 Å². The lowest BCUT2D eigenvalue weighted by Crippen LogP contribution is -2.31. The number of carbonyl (C=O) groups excluding carboxylic acids is 2. The molecule has 1 N–H and O–H groups in total. The Balaban J connectivity index is 1.42. The molecule has 29 heavy (non-hydrogen) atoms. The van der Waals surface area contributed by atoms with E-state index in [1.807, 2.05) is 24.3 Å². The number of thiazole rings is 1. The molecular weight excluding hydrogens is 388 g/mol. The third kappa shape index (κ3) is 4.24. The molecule has 0 atom stereocenters. The minimum absolute atomic E-state index is 0.0992. The van der Waals surface area contributed by atoms with Gasteiger partial charge in [0, 0.05) is 51.0 Å². The minimum Gasteiger partial charge on any atom is -0.347 e. The summed E-state index contributed by atoms with van der Waals surface area (Å²) in [5, 5.41) is 3.44. The first-order valence-electron chi connectivity index (χ1n) is 9.21. The molecule has 1 fully saturated rings. The van der Waals surface area contributed by atoms with Gasteiger partial charge in [-0.05, 0) is 36.2 Å². The minimum atomic E-state index is -0.199. The van der Waals surface area contributed by atoms with Crippen molar-refractivity contribution in [1.82, 2.24) is 25.2 Å². The first-order valence-corrected chi connectivity index (χ1v) is 10.0. The standard InChI is InChI=1S/C20H20N6O2S/c1-14-17(18(27)23-12-16-3-2-6-22-11-16)29-19(24-14)26-10-9-25(20(26)28)13-15-4-7-21-8-5-15/h2-8,11H,9-10,12-13H2,1H3,(H,23,27). The molecule has 4 heterocycles. The van der Waals surface area contributed by atoms with E-state index in [1.165, 1.54) is 11.3 Å². The molecule has 8 nitrogen and oxygen atoms in total. The van der Waals surface area contributed by atoms with Crippen LogP contribution in [0.1, 0.15) is 26.5 Å². The Morgan fingerprint density at radius 2 is 1.97 bits per heavy atom. The zero-order chi connectivity index (χ0) is 20.2. The molecule has 3 amide bonds. The molecule has 0 radical (unpaired) electrons. The summed E-state index contributed by atoms with van der Waals surface area (Å²) < 4.78 is 0. The van der Waals surface area contributed by atoms with Crippen molar-refractivity contribution in [2.24, 2.45) is 0 Å². The maximum Gasteiger partial charge on any atom is 0.326 e. The summed E-state index contributed by atoms with van der Waals surface area (Å²) >= 11 is 1.24. The fourth-order valence-corrected chi connectivity index (χ4v) is 4.09. The van der Waals surface area contributed by atoms with Crippen LogP contribution in [-0.4, -0.2) is 44.9 Å². The van der Waals surface area contributed by atoms with E-state index in [9.17, 15) is 9.59 Å². The summed E-state index contributed by atoms with van der Waals surface area (Å²) in [6, 6.07) is 7.42. The van der Waals surface area contributed by atoms with Crippen LogP contribution in [0.25, 0.3) is 0 Å². The molecule has 0 spiro atoms. The van der Waals surface area contributed by atoms with Gasteiger partial charge in [0.25, 0.3) is 5.91 Å². The van der Waals surface area contributed by atoms with Crippen molar-refractivity contribution in [3.05, 3.63) is 70.8 Å². The van der Waals surface area contributed by atoms with Crippen molar-refractivity contribution in [3.63, 3.8) is 0 Å². The second-order valence-corrected chi connectivity index (χ2v) is 7.64. The van der Waals surface area contributed by atoms with Gasteiger partial charge in [0.2, 0.25) is 0 Å². The predicted octanol–water partition coefficient (Wildman–Crippen LogP) is 2.61. The van der Waals surface area contributed by atoms with Gasteiger partial charge < -0.3 is 10.2 Å². The molecule has 3 aromatic heterocycles. The Morgan fingerprint density at radius 3 is 2.72 bits per heavy atom. The van der Waals surface area contributed by atoms with Crippen molar-refractivity contribution in [1.29, 1.82) is 0 Å². The summed E-state index contributed by atoms with van der Waals surface area (Å²) in [5.41, 5.74) is 2.57. The first kappa shape index (κ1) is 19.0. The summed E-state index contributed by atoms with van der Waals surface area (Å²) in [4.78, 5) is 41.8. The number of nitrogens with zero attached hydrogens (tertiary/aromatic N) is 5. The Bertz CT molecular complexity index is 1010. The van der Waals surface area contributed by atoms with Gasteiger partial charge in [-0.25, -0.2) is 9.78 Å². The van der Waals surface area contributed by atoms with Crippen molar-refractivity contribution >= 4 is 28.4 Å². The summed E-state index contributed by atoms with van der Waals surface area (Å²) in [6.45, 7) is 3.87. The van der Waals surface area contributed by atoms with Gasteiger partial charge in [0.15, 0.2) is 5.13 Å². The molecule has 1 saturated heterocycles. The summed E-state index contributed by atoms with van der Waals surface area (Å²) in [7, 11) is 0. The molecule has 0 saturated carbocycles. The highest BCUT2D eigenvalue weighted by atomic mass is 32.1. The largest absolute Gasteiger partial charge is 0.347 e. The van der Waals surface area contributed by atoms with Crippen LogP contribution in [-0.2, 0) is 13.1 Å². The Hall–Kier alpha value is -3.33. The lowest BCUT2D eigenvalue weighted by Gasteiger charge is -2.16. The zero-order valence-electron chi connectivity index (χ0n) is 15.9. The number of anilines is 1. The average Bonchev–Trinajstić information content (AvgIpc) is 3.30. The summed E-state index contributed by atoms with van der Waals surface area (Å²) in [6.07, 6.45) is 6.84. The molecule has 1 aliphatic heterocycles. The number of rotatable bonds is 6. The number of carbonyl (C=O) groups is 2. The number of hydrogen-bond donors (Lipinski definition) is 1. The van der Waals surface area contributed by atoms with Gasteiger partial charge in [-0.3, -0.25) is 19.7 Å². The van der Waals surface area contributed by atoms with E-state index in [1.54, 1.807) is 41.5 Å². The van der Waals surface area contributed by atoms with Gasteiger partial charge in [0.1, 0.15) is 4.88 Å². The Morgan fingerprint density at radius 1 is 1.14 bits per heavy atom. The van der Waals surface area contributed by atoms with Crippen molar-refractivity contribution in [3.8, 4) is 0 Å². The van der Waals surface area contributed by atoms with Crippen molar-refractivity contribution in [2.75, 3.05) is 18.0 Å². The van der Waals surface area contributed by atoms with Crippen LogP contribution in [0, 0.1) is 6.92 Å². The lowest BCUT2D eigenvalue weighted by atomic mass is 10.2. The predicted molar refractivity (Wildman–Crippen MR) is 110 cm³/mol. The molecule has 0 bridgehead atoms. The average molecular weight is 408 g/mol. The van der Waals surface area contributed by atoms with E-state index < -0.39 is 0 Å². The first-order chi connectivity index (χ1) is 14.1. The monoisotopic (exact) mass is 408 g/mol.